The summed E-state index contributed by atoms with van der Waals surface area (Å²) >= 11 is 1.96. The van der Waals surface area contributed by atoms with Crippen molar-refractivity contribution in [3.05, 3.63) is 48.0 Å². The van der Waals surface area contributed by atoms with E-state index < -0.39 is 0 Å². The van der Waals surface area contributed by atoms with Gasteiger partial charge in [-0.05, 0) is 61.7 Å². The number of carbonyl (C=O) groups excluding carboxylic acids is 1. The fraction of sp³-hybridized carbons (Fsp3) is 0.409. The summed E-state index contributed by atoms with van der Waals surface area (Å²) in [5.41, 5.74) is 1.84. The van der Waals surface area contributed by atoms with Gasteiger partial charge in [-0.15, -0.1) is 11.8 Å². The Labute approximate surface area is 170 Å². The molecule has 1 saturated carbocycles. The Morgan fingerprint density at radius 1 is 1.11 bits per heavy atom. The van der Waals surface area contributed by atoms with Crippen LogP contribution in [-0.4, -0.2) is 29.5 Å². The Kier molecular flexibility index (Phi) is 5.95. The molecule has 1 N–H and O–H groups in total. The first-order valence-corrected chi connectivity index (χ1v) is 10.8. The second kappa shape index (κ2) is 8.78. The molecule has 0 bridgehead atoms. The zero-order chi connectivity index (χ0) is 19.3. The smallest absolute Gasteiger partial charge is 0.322 e. The molecule has 0 saturated heterocycles. The number of anilines is 1. The number of hydrogen-bond donors (Lipinski definition) is 1. The van der Waals surface area contributed by atoms with E-state index in [-0.39, 0.29) is 12.8 Å². The lowest BCUT2D eigenvalue weighted by atomic mass is 10.2. The number of urea groups is 1. The van der Waals surface area contributed by atoms with Crippen molar-refractivity contribution in [1.29, 1.82) is 0 Å². The Bertz CT molecular complexity index is 819. The van der Waals surface area contributed by atoms with Crippen LogP contribution in [0.3, 0.4) is 0 Å². The summed E-state index contributed by atoms with van der Waals surface area (Å²) in [7, 11) is 0. The van der Waals surface area contributed by atoms with E-state index in [1.807, 2.05) is 49.0 Å². The zero-order valence-electron chi connectivity index (χ0n) is 16.1. The van der Waals surface area contributed by atoms with Crippen LogP contribution in [0.1, 0.15) is 38.2 Å². The zero-order valence-corrected chi connectivity index (χ0v) is 17.0. The Hall–Kier alpha value is -2.34. The maximum Gasteiger partial charge on any atom is 0.322 e. The van der Waals surface area contributed by atoms with Crippen LogP contribution in [0.15, 0.2) is 47.4 Å². The summed E-state index contributed by atoms with van der Waals surface area (Å²) in [5, 5.41) is 3.76. The van der Waals surface area contributed by atoms with Crippen LogP contribution in [0.4, 0.5) is 10.5 Å². The molecule has 148 valence electrons. The third-order valence-corrected chi connectivity index (χ3v) is 6.54. The molecule has 1 aliphatic heterocycles. The number of benzene rings is 2. The molecule has 1 heterocycles. The predicted octanol–water partition coefficient (Wildman–Crippen LogP) is 5.50. The van der Waals surface area contributed by atoms with Gasteiger partial charge in [0.1, 0.15) is 0 Å². The van der Waals surface area contributed by atoms with Gasteiger partial charge in [0.2, 0.25) is 6.79 Å². The molecule has 6 heteroatoms. The number of fused-ring (bicyclic) bond motifs is 1. The topological polar surface area (TPSA) is 50.8 Å². The van der Waals surface area contributed by atoms with E-state index in [0.717, 1.165) is 28.0 Å². The molecule has 2 aromatic rings. The van der Waals surface area contributed by atoms with Crippen molar-refractivity contribution in [1.82, 2.24) is 4.90 Å². The molecule has 1 aliphatic carbocycles. The number of ether oxygens (including phenoxy) is 2. The van der Waals surface area contributed by atoms with E-state index in [1.54, 1.807) is 4.90 Å². The summed E-state index contributed by atoms with van der Waals surface area (Å²) < 4.78 is 10.8. The number of amides is 2. The molecule has 2 aromatic carbocycles. The van der Waals surface area contributed by atoms with Gasteiger partial charge in [-0.2, -0.15) is 0 Å². The summed E-state index contributed by atoms with van der Waals surface area (Å²) in [6, 6.07) is 13.9. The van der Waals surface area contributed by atoms with Crippen LogP contribution in [0, 0.1) is 0 Å². The fourth-order valence-electron chi connectivity index (χ4n) is 3.60. The minimum Gasteiger partial charge on any atom is -0.454 e. The molecule has 28 heavy (non-hydrogen) atoms. The highest BCUT2D eigenvalue weighted by Gasteiger charge is 2.18. The average Bonchev–Trinajstić information content (AvgIpc) is 3.39. The standard InChI is InChI=1S/C22H26N2O3S/c1-2-24(14-16-7-12-20-21(13-16)27-15-26-20)22(25)23-17-8-10-19(11-9-17)28-18-5-3-4-6-18/h7-13,18H,2-6,14-15H2,1H3,(H,23,25). The molecule has 1 fully saturated rings. The number of thioether (sulfide) groups is 1. The highest BCUT2D eigenvalue weighted by atomic mass is 32.2. The summed E-state index contributed by atoms with van der Waals surface area (Å²) in [4.78, 5) is 15.8. The molecular weight excluding hydrogens is 372 g/mol. The highest BCUT2D eigenvalue weighted by molar-refractivity contribution is 8.00. The quantitative estimate of drug-likeness (QED) is 0.698. The first kappa shape index (κ1) is 19.0. The number of carbonyl (C=O) groups is 1. The van der Waals surface area contributed by atoms with Crippen molar-refractivity contribution in [2.75, 3.05) is 18.7 Å². The van der Waals surface area contributed by atoms with Crippen molar-refractivity contribution < 1.29 is 14.3 Å². The summed E-state index contributed by atoms with van der Waals surface area (Å²) in [5.74, 6) is 1.50. The molecular formula is C22H26N2O3S. The van der Waals surface area contributed by atoms with E-state index in [1.165, 1.54) is 30.6 Å². The van der Waals surface area contributed by atoms with Crippen LogP contribution >= 0.6 is 11.8 Å². The molecule has 2 amide bonds. The third-order valence-electron chi connectivity index (χ3n) is 5.19. The second-order valence-electron chi connectivity index (χ2n) is 7.18. The van der Waals surface area contributed by atoms with Crippen LogP contribution in [-0.2, 0) is 6.54 Å². The van der Waals surface area contributed by atoms with Gasteiger partial charge >= 0.3 is 6.03 Å². The molecule has 0 radical (unpaired) electrons. The normalized spacial score (nSPS) is 15.6. The molecule has 0 aromatic heterocycles. The van der Waals surface area contributed by atoms with Crippen molar-refractivity contribution in [2.45, 2.75) is 49.3 Å². The largest absolute Gasteiger partial charge is 0.454 e. The van der Waals surface area contributed by atoms with Crippen LogP contribution in [0.25, 0.3) is 0 Å². The maximum atomic E-state index is 12.7. The number of rotatable bonds is 6. The predicted molar refractivity (Wildman–Crippen MR) is 112 cm³/mol. The molecule has 0 spiro atoms. The minimum absolute atomic E-state index is 0.101. The highest BCUT2D eigenvalue weighted by Crippen LogP contribution is 2.35. The molecule has 5 nitrogen and oxygen atoms in total. The first-order valence-electron chi connectivity index (χ1n) is 9.92. The molecule has 4 rings (SSSR count). The van der Waals surface area contributed by atoms with E-state index in [9.17, 15) is 4.79 Å². The summed E-state index contributed by atoms with van der Waals surface area (Å²) in [6.07, 6.45) is 5.33. The van der Waals surface area contributed by atoms with Gasteiger partial charge < -0.3 is 19.7 Å². The van der Waals surface area contributed by atoms with Crippen molar-refractivity contribution in [3.63, 3.8) is 0 Å². The number of nitrogens with zero attached hydrogens (tertiary/aromatic N) is 1. The first-order chi connectivity index (χ1) is 13.7. The second-order valence-corrected chi connectivity index (χ2v) is 8.55. The van der Waals surface area contributed by atoms with Gasteiger partial charge in [-0.25, -0.2) is 4.79 Å². The average molecular weight is 399 g/mol. The molecule has 0 unspecified atom stereocenters. The van der Waals surface area contributed by atoms with Gasteiger partial charge in [0.25, 0.3) is 0 Å². The van der Waals surface area contributed by atoms with E-state index in [4.69, 9.17) is 9.47 Å². The van der Waals surface area contributed by atoms with E-state index >= 15 is 0 Å². The number of hydrogen-bond acceptors (Lipinski definition) is 4. The van der Waals surface area contributed by atoms with Gasteiger partial charge in [-0.1, -0.05) is 18.9 Å². The van der Waals surface area contributed by atoms with Crippen LogP contribution in [0.2, 0.25) is 0 Å². The lowest BCUT2D eigenvalue weighted by Gasteiger charge is -2.22. The Morgan fingerprint density at radius 3 is 2.61 bits per heavy atom. The van der Waals surface area contributed by atoms with Gasteiger partial charge in [0.05, 0.1) is 0 Å². The van der Waals surface area contributed by atoms with Gasteiger partial charge in [0.15, 0.2) is 11.5 Å². The van der Waals surface area contributed by atoms with Crippen molar-refractivity contribution in [3.8, 4) is 11.5 Å². The SMILES string of the molecule is CCN(Cc1ccc2c(c1)OCO2)C(=O)Nc1ccc(SC2CCCC2)cc1. The van der Waals surface area contributed by atoms with Crippen LogP contribution in [0.5, 0.6) is 11.5 Å². The Balaban J connectivity index is 1.34. The lowest BCUT2D eigenvalue weighted by molar-refractivity contribution is 0.174. The van der Waals surface area contributed by atoms with Gasteiger partial charge in [0, 0.05) is 28.9 Å². The minimum atomic E-state index is -0.101. The molecule has 2 aliphatic rings. The van der Waals surface area contributed by atoms with Crippen molar-refractivity contribution >= 4 is 23.5 Å². The summed E-state index contributed by atoms with van der Waals surface area (Å²) in [6.45, 7) is 3.38. The molecule has 0 atom stereocenters. The van der Waals surface area contributed by atoms with Crippen LogP contribution < -0.4 is 14.8 Å². The lowest BCUT2D eigenvalue weighted by Crippen LogP contribution is -2.34. The Morgan fingerprint density at radius 2 is 1.86 bits per heavy atom. The van der Waals surface area contributed by atoms with Crippen molar-refractivity contribution in [2.24, 2.45) is 0 Å². The van der Waals surface area contributed by atoms with Gasteiger partial charge in [-0.3, -0.25) is 0 Å². The monoisotopic (exact) mass is 398 g/mol. The third kappa shape index (κ3) is 4.55. The number of nitrogens with one attached hydrogen (secondary N) is 1. The van der Waals surface area contributed by atoms with E-state index in [0.29, 0.717) is 13.1 Å². The van der Waals surface area contributed by atoms with E-state index in [2.05, 4.69) is 17.4 Å². The fourth-order valence-corrected chi connectivity index (χ4v) is 4.85. The maximum absolute atomic E-state index is 12.7.